The molecular weight excluding hydrogens is 366 g/mol. The highest BCUT2D eigenvalue weighted by atomic mass is 79.9. The molecule has 0 spiro atoms. The van der Waals surface area contributed by atoms with Crippen molar-refractivity contribution in [2.24, 2.45) is 0 Å². The van der Waals surface area contributed by atoms with Crippen molar-refractivity contribution >= 4 is 54.9 Å². The molecule has 2 heterocycles. The van der Waals surface area contributed by atoms with Crippen LogP contribution in [0.5, 0.6) is 0 Å². The fourth-order valence-corrected chi connectivity index (χ4v) is 6.29. The first kappa shape index (κ1) is 14.3. The summed E-state index contributed by atoms with van der Waals surface area (Å²) in [6.07, 6.45) is 0.872. The molecule has 0 amide bonds. The van der Waals surface area contributed by atoms with Gasteiger partial charge in [-0.1, -0.05) is 11.6 Å². The Kier molecular flexibility index (Phi) is 4.03. The molecule has 0 radical (unpaired) electrons. The van der Waals surface area contributed by atoms with Gasteiger partial charge in [-0.15, -0.1) is 11.3 Å². The number of hydrogen-bond donors (Lipinski definition) is 1. The summed E-state index contributed by atoms with van der Waals surface area (Å²) in [5.41, 5.74) is 0. The molecule has 100 valence electrons. The van der Waals surface area contributed by atoms with Crippen molar-refractivity contribution in [1.29, 1.82) is 0 Å². The molecule has 1 aromatic rings. The molecule has 1 aliphatic heterocycles. The molecule has 18 heavy (non-hydrogen) atoms. The average molecular weight is 375 g/mol. The van der Waals surface area contributed by atoms with Crippen LogP contribution in [0, 0.1) is 0 Å². The van der Waals surface area contributed by atoms with Crippen molar-refractivity contribution in [3.63, 3.8) is 0 Å². The number of hydrogen-bond acceptors (Lipinski definition) is 4. The normalized spacial score (nSPS) is 21.3. The first-order valence-electron chi connectivity index (χ1n) is 5.03. The summed E-state index contributed by atoms with van der Waals surface area (Å²) in [7, 11) is -3.84. The first-order chi connectivity index (χ1) is 8.34. The van der Waals surface area contributed by atoms with E-state index in [1.807, 2.05) is 0 Å². The van der Waals surface area contributed by atoms with E-state index >= 15 is 0 Å². The molecule has 1 fully saturated rings. The summed E-state index contributed by atoms with van der Waals surface area (Å²) in [5, 5.41) is 9.02. The Labute approximate surface area is 122 Å². The summed E-state index contributed by atoms with van der Waals surface area (Å²) in [5.74, 6) is -1.12. The number of nitrogens with zero attached hydrogens (tertiary/aromatic N) is 1. The highest BCUT2D eigenvalue weighted by Crippen LogP contribution is 2.37. The van der Waals surface area contributed by atoms with E-state index in [1.54, 1.807) is 0 Å². The fourth-order valence-electron chi connectivity index (χ4n) is 1.90. The maximum absolute atomic E-state index is 12.3. The molecule has 1 saturated heterocycles. The lowest BCUT2D eigenvalue weighted by atomic mass is 10.2. The summed E-state index contributed by atoms with van der Waals surface area (Å²) >= 11 is 10.1. The van der Waals surface area contributed by atoms with Gasteiger partial charge in [-0.2, -0.15) is 4.31 Å². The van der Waals surface area contributed by atoms with Crippen molar-refractivity contribution in [2.45, 2.75) is 23.8 Å². The molecule has 0 saturated carbocycles. The lowest BCUT2D eigenvalue weighted by molar-refractivity contribution is -0.140. The largest absolute Gasteiger partial charge is 0.480 e. The number of carboxylic acid groups (broad SMARTS) is 1. The fraction of sp³-hybridized carbons (Fsp3) is 0.444. The van der Waals surface area contributed by atoms with Crippen LogP contribution in [-0.4, -0.2) is 36.4 Å². The second-order valence-corrected chi connectivity index (χ2v) is 8.69. The summed E-state index contributed by atoms with van der Waals surface area (Å²) in [4.78, 5) is 11.0. The van der Waals surface area contributed by atoms with E-state index in [-0.39, 0.29) is 15.8 Å². The van der Waals surface area contributed by atoms with Crippen LogP contribution in [0.3, 0.4) is 0 Å². The predicted molar refractivity (Wildman–Crippen MR) is 71.6 cm³/mol. The molecule has 0 bridgehead atoms. The Morgan fingerprint density at radius 1 is 1.61 bits per heavy atom. The molecule has 1 unspecified atom stereocenters. The molecule has 0 aliphatic carbocycles. The van der Waals surface area contributed by atoms with Gasteiger partial charge in [0, 0.05) is 6.54 Å². The van der Waals surface area contributed by atoms with Crippen LogP contribution >= 0.6 is 38.9 Å². The lowest BCUT2D eigenvalue weighted by Gasteiger charge is -2.20. The highest BCUT2D eigenvalue weighted by molar-refractivity contribution is 9.11. The minimum atomic E-state index is -3.84. The average Bonchev–Trinajstić information content (AvgIpc) is 2.84. The van der Waals surface area contributed by atoms with Gasteiger partial charge < -0.3 is 5.11 Å². The van der Waals surface area contributed by atoms with Crippen molar-refractivity contribution in [3.8, 4) is 0 Å². The van der Waals surface area contributed by atoms with Gasteiger partial charge >= 0.3 is 5.97 Å². The van der Waals surface area contributed by atoms with Gasteiger partial charge in [0.05, 0.1) is 3.79 Å². The third kappa shape index (κ3) is 2.44. The number of halogens is 2. The van der Waals surface area contributed by atoms with Crippen LogP contribution in [-0.2, 0) is 14.8 Å². The standard InChI is InChI=1S/C9H9BrClNO4S2/c10-7-4-6(8(11)17-7)18(15,16)12-3-1-2-5(12)9(13)14/h4-5H,1-3H2,(H,13,14). The Morgan fingerprint density at radius 2 is 2.28 bits per heavy atom. The van der Waals surface area contributed by atoms with E-state index in [4.69, 9.17) is 16.7 Å². The molecular formula is C9H9BrClNO4S2. The molecule has 0 aromatic carbocycles. The number of thiophene rings is 1. The van der Waals surface area contributed by atoms with Gasteiger partial charge in [0.1, 0.15) is 15.3 Å². The molecule has 9 heteroatoms. The monoisotopic (exact) mass is 373 g/mol. The van der Waals surface area contributed by atoms with E-state index in [0.717, 1.165) is 15.6 Å². The summed E-state index contributed by atoms with van der Waals surface area (Å²) in [6, 6.07) is 0.407. The highest BCUT2D eigenvalue weighted by Gasteiger charge is 2.40. The van der Waals surface area contributed by atoms with Crippen LogP contribution in [0.2, 0.25) is 4.34 Å². The second-order valence-electron chi connectivity index (χ2n) is 3.80. The Balaban J connectivity index is 2.43. The molecule has 2 rings (SSSR count). The SMILES string of the molecule is O=C(O)C1CCCN1S(=O)(=O)c1cc(Br)sc1Cl. The smallest absolute Gasteiger partial charge is 0.322 e. The summed E-state index contributed by atoms with van der Waals surface area (Å²) in [6.45, 7) is 0.211. The van der Waals surface area contributed by atoms with Crippen molar-refractivity contribution in [3.05, 3.63) is 14.2 Å². The maximum atomic E-state index is 12.3. The number of carbonyl (C=O) groups is 1. The topological polar surface area (TPSA) is 74.7 Å². The van der Waals surface area contributed by atoms with E-state index in [1.165, 1.54) is 6.07 Å². The minimum absolute atomic E-state index is 0.0332. The van der Waals surface area contributed by atoms with E-state index in [2.05, 4.69) is 15.9 Å². The molecule has 1 aromatic heterocycles. The molecule has 1 atom stereocenters. The zero-order valence-electron chi connectivity index (χ0n) is 8.97. The van der Waals surface area contributed by atoms with Crippen LogP contribution in [0.25, 0.3) is 0 Å². The third-order valence-corrected chi connectivity index (χ3v) is 6.74. The van der Waals surface area contributed by atoms with Gasteiger partial charge in [-0.05, 0) is 34.8 Å². The van der Waals surface area contributed by atoms with Crippen molar-refractivity contribution < 1.29 is 18.3 Å². The van der Waals surface area contributed by atoms with Crippen molar-refractivity contribution in [2.75, 3.05) is 6.54 Å². The van der Waals surface area contributed by atoms with E-state index < -0.39 is 22.0 Å². The number of sulfonamides is 1. The molecule has 5 nitrogen and oxygen atoms in total. The van der Waals surface area contributed by atoms with E-state index in [9.17, 15) is 13.2 Å². The quantitative estimate of drug-likeness (QED) is 0.881. The Morgan fingerprint density at radius 3 is 2.78 bits per heavy atom. The van der Waals surface area contributed by atoms with Crippen LogP contribution < -0.4 is 0 Å². The zero-order chi connectivity index (χ0) is 13.5. The predicted octanol–water partition coefficient (Wildman–Crippen LogP) is 2.40. The van der Waals surface area contributed by atoms with Gasteiger partial charge in [0.15, 0.2) is 0 Å². The third-order valence-electron chi connectivity index (χ3n) is 2.70. The van der Waals surface area contributed by atoms with Crippen LogP contribution in [0.15, 0.2) is 14.7 Å². The van der Waals surface area contributed by atoms with Gasteiger partial charge in [0.2, 0.25) is 10.0 Å². The Hall–Kier alpha value is -0.150. The Bertz CT molecular complexity index is 585. The van der Waals surface area contributed by atoms with Crippen molar-refractivity contribution in [1.82, 2.24) is 4.31 Å². The number of carboxylic acids is 1. The first-order valence-corrected chi connectivity index (χ1v) is 8.46. The van der Waals surface area contributed by atoms with Gasteiger partial charge in [-0.3, -0.25) is 4.79 Å². The van der Waals surface area contributed by atoms with Gasteiger partial charge in [-0.25, -0.2) is 8.42 Å². The number of aliphatic carboxylic acids is 1. The lowest BCUT2D eigenvalue weighted by Crippen LogP contribution is -2.40. The molecule has 1 aliphatic rings. The van der Waals surface area contributed by atoms with Crippen LogP contribution in [0.1, 0.15) is 12.8 Å². The maximum Gasteiger partial charge on any atom is 0.322 e. The molecule has 1 N–H and O–H groups in total. The summed E-state index contributed by atoms with van der Waals surface area (Å²) < 4.78 is 26.4. The van der Waals surface area contributed by atoms with Crippen LogP contribution in [0.4, 0.5) is 0 Å². The van der Waals surface area contributed by atoms with E-state index in [0.29, 0.717) is 16.6 Å². The minimum Gasteiger partial charge on any atom is -0.480 e. The second kappa shape index (κ2) is 5.09. The zero-order valence-corrected chi connectivity index (χ0v) is 12.9. The number of rotatable bonds is 3. The van der Waals surface area contributed by atoms with Gasteiger partial charge in [0.25, 0.3) is 0 Å².